The summed E-state index contributed by atoms with van der Waals surface area (Å²) < 4.78 is 5.43. The second-order valence-corrected chi connectivity index (χ2v) is 5.00. The number of fused-ring (bicyclic) bond motifs is 1. The first-order chi connectivity index (χ1) is 9.04. The zero-order valence-corrected chi connectivity index (χ0v) is 11.1. The number of carbonyl (C=O) groups is 1. The van der Waals surface area contributed by atoms with E-state index in [1.54, 1.807) is 20.1 Å². The minimum atomic E-state index is -0.988. The van der Waals surface area contributed by atoms with Crippen LogP contribution in [0.3, 0.4) is 0 Å². The molecule has 1 amide bonds. The van der Waals surface area contributed by atoms with E-state index in [1.807, 2.05) is 30.3 Å². The van der Waals surface area contributed by atoms with Gasteiger partial charge >= 0.3 is 0 Å². The molecule has 2 aromatic rings. The first-order valence-corrected chi connectivity index (χ1v) is 6.19. The molecule has 2 rings (SSSR count). The summed E-state index contributed by atoms with van der Waals surface area (Å²) in [6.07, 6.45) is 2.40. The van der Waals surface area contributed by atoms with Gasteiger partial charge < -0.3 is 9.73 Å². The van der Waals surface area contributed by atoms with Crippen molar-refractivity contribution in [2.45, 2.75) is 20.3 Å². The molecule has 0 saturated carbocycles. The molecule has 1 heterocycles. The zero-order valence-electron chi connectivity index (χ0n) is 11.1. The van der Waals surface area contributed by atoms with Gasteiger partial charge in [-0.3, -0.25) is 4.79 Å². The lowest BCUT2D eigenvalue weighted by Crippen LogP contribution is -2.36. The molecular formula is C15H16N2O2. The number of para-hydroxylation sites is 1. The van der Waals surface area contributed by atoms with Gasteiger partial charge in [-0.2, -0.15) is 5.26 Å². The Balaban J connectivity index is 1.97. The lowest BCUT2D eigenvalue weighted by Gasteiger charge is -2.14. The van der Waals surface area contributed by atoms with Crippen LogP contribution in [0.25, 0.3) is 11.0 Å². The highest BCUT2D eigenvalue weighted by atomic mass is 16.3. The maximum absolute atomic E-state index is 11.7. The quantitative estimate of drug-likeness (QED) is 0.914. The Morgan fingerprint density at radius 1 is 1.42 bits per heavy atom. The summed E-state index contributed by atoms with van der Waals surface area (Å²) in [4.78, 5) is 11.7. The molecule has 0 spiro atoms. The van der Waals surface area contributed by atoms with E-state index in [1.165, 1.54) is 0 Å². The van der Waals surface area contributed by atoms with Crippen LogP contribution in [0.5, 0.6) is 0 Å². The van der Waals surface area contributed by atoms with Crippen LogP contribution in [0.1, 0.15) is 19.4 Å². The highest BCUT2D eigenvalue weighted by Crippen LogP contribution is 2.21. The maximum atomic E-state index is 11.7. The average molecular weight is 256 g/mol. The third kappa shape index (κ3) is 2.76. The van der Waals surface area contributed by atoms with Crippen LogP contribution in [-0.2, 0) is 11.2 Å². The van der Waals surface area contributed by atoms with Crippen LogP contribution in [0.2, 0.25) is 0 Å². The van der Waals surface area contributed by atoms with Gasteiger partial charge in [0.1, 0.15) is 11.0 Å². The van der Waals surface area contributed by atoms with Gasteiger partial charge in [0.25, 0.3) is 0 Å². The topological polar surface area (TPSA) is 66.0 Å². The average Bonchev–Trinajstić information content (AvgIpc) is 2.82. The lowest BCUT2D eigenvalue weighted by atomic mass is 9.95. The predicted molar refractivity (Wildman–Crippen MR) is 72.3 cm³/mol. The molecule has 1 N–H and O–H groups in total. The van der Waals surface area contributed by atoms with Crippen LogP contribution < -0.4 is 5.32 Å². The standard InChI is InChI=1S/C15H16N2O2/c1-15(2,10-16)14(18)17-8-7-11-9-19-13-6-4-3-5-12(11)13/h3-6,9H,7-8H2,1-2H3,(H,17,18). The molecule has 4 nitrogen and oxygen atoms in total. The molecule has 0 unspecified atom stereocenters. The van der Waals surface area contributed by atoms with Crippen LogP contribution in [-0.4, -0.2) is 12.5 Å². The smallest absolute Gasteiger partial charge is 0.239 e. The van der Waals surface area contributed by atoms with Gasteiger partial charge in [-0.25, -0.2) is 0 Å². The molecule has 0 saturated heterocycles. The van der Waals surface area contributed by atoms with E-state index in [-0.39, 0.29) is 5.91 Å². The van der Waals surface area contributed by atoms with Crippen LogP contribution >= 0.6 is 0 Å². The predicted octanol–water partition coefficient (Wildman–Crippen LogP) is 2.64. The highest BCUT2D eigenvalue weighted by Gasteiger charge is 2.26. The molecule has 0 bridgehead atoms. The van der Waals surface area contributed by atoms with Crippen molar-refractivity contribution in [3.05, 3.63) is 36.1 Å². The van der Waals surface area contributed by atoms with Gasteiger partial charge in [0.2, 0.25) is 5.91 Å². The summed E-state index contributed by atoms with van der Waals surface area (Å²) in [6, 6.07) is 9.77. The van der Waals surface area contributed by atoms with Crippen LogP contribution in [0.4, 0.5) is 0 Å². The molecule has 0 aliphatic heterocycles. The summed E-state index contributed by atoms with van der Waals surface area (Å²) in [5.41, 5.74) is 0.921. The van der Waals surface area contributed by atoms with Crippen molar-refractivity contribution in [1.82, 2.24) is 5.32 Å². The Morgan fingerprint density at radius 3 is 2.89 bits per heavy atom. The summed E-state index contributed by atoms with van der Waals surface area (Å²) in [7, 11) is 0. The Hall–Kier alpha value is -2.28. The number of rotatable bonds is 4. The zero-order chi connectivity index (χ0) is 13.9. The summed E-state index contributed by atoms with van der Waals surface area (Å²) in [5, 5.41) is 12.7. The van der Waals surface area contributed by atoms with Gasteiger partial charge in [0.05, 0.1) is 12.3 Å². The van der Waals surface area contributed by atoms with Crippen LogP contribution in [0.15, 0.2) is 34.9 Å². The molecule has 0 fully saturated rings. The molecule has 4 heteroatoms. The first kappa shape index (κ1) is 13.2. The monoisotopic (exact) mass is 256 g/mol. The highest BCUT2D eigenvalue weighted by molar-refractivity contribution is 5.84. The second kappa shape index (κ2) is 5.15. The van der Waals surface area contributed by atoms with Gasteiger partial charge in [0.15, 0.2) is 0 Å². The normalized spacial score (nSPS) is 11.2. The second-order valence-electron chi connectivity index (χ2n) is 5.00. The SMILES string of the molecule is CC(C)(C#N)C(=O)NCCc1coc2ccccc12. The molecule has 1 aromatic carbocycles. The molecule has 0 aliphatic carbocycles. The van der Waals surface area contributed by atoms with Crippen molar-refractivity contribution in [1.29, 1.82) is 5.26 Å². The van der Waals surface area contributed by atoms with Gasteiger partial charge in [0, 0.05) is 11.9 Å². The number of hydrogen-bond acceptors (Lipinski definition) is 3. The summed E-state index contributed by atoms with van der Waals surface area (Å²) >= 11 is 0. The molecule has 0 radical (unpaired) electrons. The van der Waals surface area contributed by atoms with Gasteiger partial charge in [-0.15, -0.1) is 0 Å². The molecule has 0 atom stereocenters. The number of nitrogens with one attached hydrogen (secondary N) is 1. The van der Waals surface area contributed by atoms with Crippen molar-refractivity contribution < 1.29 is 9.21 Å². The van der Waals surface area contributed by atoms with Gasteiger partial charge in [-0.1, -0.05) is 18.2 Å². The lowest BCUT2D eigenvalue weighted by molar-refractivity contribution is -0.126. The van der Waals surface area contributed by atoms with E-state index in [2.05, 4.69) is 5.32 Å². The number of nitrogens with zero attached hydrogens (tertiary/aromatic N) is 1. The summed E-state index contributed by atoms with van der Waals surface area (Å²) in [6.45, 7) is 3.71. The Labute approximate surface area is 112 Å². The van der Waals surface area contributed by atoms with E-state index in [4.69, 9.17) is 9.68 Å². The maximum Gasteiger partial charge on any atom is 0.239 e. The third-order valence-electron chi connectivity index (χ3n) is 3.09. The molecule has 19 heavy (non-hydrogen) atoms. The largest absolute Gasteiger partial charge is 0.464 e. The minimum Gasteiger partial charge on any atom is -0.464 e. The fourth-order valence-electron chi connectivity index (χ4n) is 1.81. The summed E-state index contributed by atoms with van der Waals surface area (Å²) in [5.74, 6) is -0.247. The fourth-order valence-corrected chi connectivity index (χ4v) is 1.81. The molecule has 0 aliphatic rings. The van der Waals surface area contributed by atoms with Gasteiger partial charge in [-0.05, 0) is 31.9 Å². The number of benzene rings is 1. The Bertz CT molecular complexity index is 635. The van der Waals surface area contributed by atoms with Crippen molar-refractivity contribution in [3.63, 3.8) is 0 Å². The Morgan fingerprint density at radius 2 is 2.16 bits per heavy atom. The number of amides is 1. The van der Waals surface area contributed by atoms with Crippen molar-refractivity contribution in [2.75, 3.05) is 6.54 Å². The van der Waals surface area contributed by atoms with Crippen molar-refractivity contribution in [2.24, 2.45) is 5.41 Å². The van der Waals surface area contributed by atoms with Crippen molar-refractivity contribution >= 4 is 16.9 Å². The van der Waals surface area contributed by atoms with E-state index in [0.717, 1.165) is 16.5 Å². The van der Waals surface area contributed by atoms with Crippen molar-refractivity contribution in [3.8, 4) is 6.07 Å². The first-order valence-electron chi connectivity index (χ1n) is 6.19. The Kier molecular flexibility index (Phi) is 3.57. The molecule has 1 aromatic heterocycles. The third-order valence-corrected chi connectivity index (χ3v) is 3.09. The number of nitriles is 1. The molecule has 98 valence electrons. The number of hydrogen-bond donors (Lipinski definition) is 1. The minimum absolute atomic E-state index is 0.247. The molecular weight excluding hydrogens is 240 g/mol. The number of carbonyl (C=O) groups excluding carboxylic acids is 1. The van der Waals surface area contributed by atoms with E-state index >= 15 is 0 Å². The fraction of sp³-hybridized carbons (Fsp3) is 0.333. The van der Waals surface area contributed by atoms with E-state index in [0.29, 0.717) is 13.0 Å². The van der Waals surface area contributed by atoms with E-state index in [9.17, 15) is 4.79 Å². The van der Waals surface area contributed by atoms with Crippen LogP contribution in [0, 0.1) is 16.7 Å². The van der Waals surface area contributed by atoms with E-state index < -0.39 is 5.41 Å². The number of furan rings is 1.